The molecule has 25 heavy (non-hydrogen) atoms. The third kappa shape index (κ3) is 2.13. The summed E-state index contributed by atoms with van der Waals surface area (Å²) in [6, 6.07) is 16.3. The summed E-state index contributed by atoms with van der Waals surface area (Å²) in [4.78, 5) is 0. The summed E-state index contributed by atoms with van der Waals surface area (Å²) in [5.41, 5.74) is 7.31. The summed E-state index contributed by atoms with van der Waals surface area (Å²) in [5, 5.41) is 6.69. The molecule has 0 bridgehead atoms. The number of fused-ring (bicyclic) bond motifs is 4. The number of aryl methyl sites for hydroxylation is 1. The monoisotopic (exact) mass is 345 g/mol. The van der Waals surface area contributed by atoms with E-state index in [4.69, 9.17) is 0 Å². The fraction of sp³-hybridized carbons (Fsp3) is 0.304. The molecule has 1 nitrogen and oxygen atoms in total. The van der Waals surface area contributed by atoms with Gasteiger partial charge in [0.05, 0.1) is 0 Å². The number of hydrogen-bond donors (Lipinski definition) is 1. The molecule has 0 spiro atoms. The van der Waals surface area contributed by atoms with Gasteiger partial charge in [0.15, 0.2) is 0 Å². The van der Waals surface area contributed by atoms with E-state index in [0.29, 0.717) is 12.0 Å². The van der Waals surface area contributed by atoms with Gasteiger partial charge in [0.1, 0.15) is 0 Å². The van der Waals surface area contributed by atoms with Crippen LogP contribution in [0.1, 0.15) is 38.3 Å². The van der Waals surface area contributed by atoms with Crippen molar-refractivity contribution in [3.05, 3.63) is 63.3 Å². The Bertz CT molecular complexity index is 1120. The molecule has 2 aliphatic rings. The highest BCUT2D eigenvalue weighted by Gasteiger charge is 2.27. The molecule has 0 saturated heterocycles. The topological polar surface area (TPSA) is 12.0 Å². The van der Waals surface area contributed by atoms with Crippen LogP contribution in [-0.4, -0.2) is 6.04 Å². The zero-order valence-corrected chi connectivity index (χ0v) is 15.8. The predicted molar refractivity (Wildman–Crippen MR) is 110 cm³/mol. The molecule has 1 aliphatic heterocycles. The molecular formula is C23H23NS. The molecule has 2 heteroatoms. The smallest absolute Gasteiger partial charge is 0.0451 e. The molecular weight excluding hydrogens is 322 g/mol. The standard InChI is InChI=1S/C23H23NS/c1-13-11-12-16-7-6-9-18(22(16)24-13)21-15(3)14(2)20-17-8-4-5-10-19(17)25-23(20)21/h4-10,13,15,24H,11-12H2,1-3H3. The second-order valence-corrected chi connectivity index (χ2v) is 8.60. The fourth-order valence-electron chi connectivity index (χ4n) is 4.51. The Labute approximate surface area is 152 Å². The average molecular weight is 346 g/mol. The van der Waals surface area contributed by atoms with E-state index in [-0.39, 0.29) is 0 Å². The number of para-hydroxylation sites is 1. The molecule has 126 valence electrons. The van der Waals surface area contributed by atoms with Gasteiger partial charge in [-0.05, 0) is 43.9 Å². The van der Waals surface area contributed by atoms with Gasteiger partial charge >= 0.3 is 0 Å². The summed E-state index contributed by atoms with van der Waals surface area (Å²) in [7, 11) is 0. The Morgan fingerprint density at radius 1 is 1.04 bits per heavy atom. The number of rotatable bonds is 1. The Morgan fingerprint density at radius 3 is 2.76 bits per heavy atom. The minimum Gasteiger partial charge on any atom is -0.382 e. The highest BCUT2D eigenvalue weighted by atomic mass is 32.1. The van der Waals surface area contributed by atoms with E-state index in [2.05, 4.69) is 68.6 Å². The van der Waals surface area contributed by atoms with E-state index < -0.39 is 0 Å². The van der Waals surface area contributed by atoms with Crippen LogP contribution >= 0.6 is 11.3 Å². The average Bonchev–Trinajstić information content (AvgIpc) is 3.10. The lowest BCUT2D eigenvalue weighted by Crippen LogP contribution is -2.24. The van der Waals surface area contributed by atoms with Crippen LogP contribution in [0.25, 0.3) is 21.2 Å². The van der Waals surface area contributed by atoms with E-state index in [1.807, 2.05) is 11.3 Å². The largest absolute Gasteiger partial charge is 0.382 e. The second-order valence-electron chi connectivity index (χ2n) is 7.54. The molecule has 2 aromatic carbocycles. The Kier molecular flexibility index (Phi) is 3.33. The summed E-state index contributed by atoms with van der Waals surface area (Å²) >= 11 is 1.96. The van der Waals surface area contributed by atoms with Crippen molar-refractivity contribution in [3.63, 3.8) is 0 Å². The van der Waals surface area contributed by atoms with Gasteiger partial charge in [-0.15, -0.1) is 11.3 Å². The van der Waals surface area contributed by atoms with Crippen LogP contribution in [-0.2, 0) is 6.42 Å². The zero-order chi connectivity index (χ0) is 17.1. The molecule has 1 aliphatic carbocycles. The Morgan fingerprint density at radius 2 is 1.88 bits per heavy atom. The molecule has 0 saturated carbocycles. The lowest BCUT2D eigenvalue weighted by molar-refractivity contribution is 0.680. The zero-order valence-electron chi connectivity index (χ0n) is 15.0. The molecule has 0 fully saturated rings. The van der Waals surface area contributed by atoms with E-state index >= 15 is 0 Å². The molecule has 1 N–H and O–H groups in total. The first kappa shape index (κ1) is 15.2. The van der Waals surface area contributed by atoms with Gasteiger partial charge < -0.3 is 5.32 Å². The van der Waals surface area contributed by atoms with Crippen LogP contribution in [0.3, 0.4) is 0 Å². The molecule has 2 heterocycles. The van der Waals surface area contributed by atoms with Crippen LogP contribution in [0.4, 0.5) is 5.69 Å². The molecule has 0 amide bonds. The van der Waals surface area contributed by atoms with Crippen molar-refractivity contribution in [2.45, 2.75) is 39.7 Å². The van der Waals surface area contributed by atoms with Crippen molar-refractivity contribution in [3.8, 4) is 0 Å². The molecule has 1 aromatic heterocycles. The number of nitrogens with one attached hydrogen (secondary N) is 1. The van der Waals surface area contributed by atoms with Gasteiger partial charge in [-0.25, -0.2) is 0 Å². The number of benzene rings is 2. The highest BCUT2D eigenvalue weighted by Crippen LogP contribution is 2.38. The van der Waals surface area contributed by atoms with Gasteiger partial charge in [0.2, 0.25) is 0 Å². The molecule has 0 radical (unpaired) electrons. The summed E-state index contributed by atoms with van der Waals surface area (Å²) in [6.45, 7) is 6.99. The molecule has 2 unspecified atom stereocenters. The van der Waals surface area contributed by atoms with E-state index in [0.717, 1.165) is 0 Å². The Hall–Kier alpha value is -2.06. The van der Waals surface area contributed by atoms with E-state index in [1.54, 1.807) is 0 Å². The predicted octanol–water partition coefficient (Wildman–Crippen LogP) is 4.67. The first-order valence-corrected chi connectivity index (χ1v) is 10.1. The third-order valence-electron chi connectivity index (χ3n) is 6.00. The lowest BCUT2D eigenvalue weighted by Gasteiger charge is -2.28. The SMILES string of the molecule is CC1=c2c(sc3ccccc23)=C(c2cccc3c2NC(C)CC3)C1C. The van der Waals surface area contributed by atoms with Crippen molar-refractivity contribution in [2.75, 3.05) is 5.32 Å². The van der Waals surface area contributed by atoms with Crippen LogP contribution in [0.15, 0.2) is 42.5 Å². The number of thiophene rings is 1. The summed E-state index contributed by atoms with van der Waals surface area (Å²) in [5.74, 6) is 0.483. The second kappa shape index (κ2) is 5.47. The normalized spacial score (nSPS) is 22.0. The van der Waals surface area contributed by atoms with Crippen molar-refractivity contribution in [1.29, 1.82) is 0 Å². The van der Waals surface area contributed by atoms with Crippen LogP contribution in [0.5, 0.6) is 0 Å². The van der Waals surface area contributed by atoms with E-state index in [1.165, 1.54) is 60.6 Å². The molecule has 3 aromatic rings. The maximum atomic E-state index is 3.78. The first-order valence-electron chi connectivity index (χ1n) is 9.26. The molecule has 5 rings (SSSR count). The molecule has 2 atom stereocenters. The fourth-order valence-corrected chi connectivity index (χ4v) is 5.92. The van der Waals surface area contributed by atoms with Crippen molar-refractivity contribution in [2.24, 2.45) is 5.92 Å². The number of hydrogen-bond acceptors (Lipinski definition) is 2. The van der Waals surface area contributed by atoms with Crippen LogP contribution in [0, 0.1) is 5.92 Å². The van der Waals surface area contributed by atoms with Crippen molar-refractivity contribution in [1.82, 2.24) is 0 Å². The van der Waals surface area contributed by atoms with Gasteiger partial charge in [0.25, 0.3) is 0 Å². The Balaban J connectivity index is 1.87. The van der Waals surface area contributed by atoms with Gasteiger partial charge in [0, 0.05) is 43.0 Å². The highest BCUT2D eigenvalue weighted by molar-refractivity contribution is 7.17. The van der Waals surface area contributed by atoms with Crippen LogP contribution < -0.4 is 15.1 Å². The third-order valence-corrected chi connectivity index (χ3v) is 7.20. The number of anilines is 1. The maximum absolute atomic E-state index is 3.78. The summed E-state index contributed by atoms with van der Waals surface area (Å²) < 4.78 is 2.89. The quantitative estimate of drug-likeness (QED) is 0.676. The van der Waals surface area contributed by atoms with Gasteiger partial charge in [-0.3, -0.25) is 0 Å². The van der Waals surface area contributed by atoms with Gasteiger partial charge in [-0.1, -0.05) is 48.9 Å². The summed E-state index contributed by atoms with van der Waals surface area (Å²) in [6.07, 6.45) is 2.40. The maximum Gasteiger partial charge on any atom is 0.0451 e. The minimum atomic E-state index is 0.483. The van der Waals surface area contributed by atoms with Gasteiger partial charge in [-0.2, -0.15) is 0 Å². The van der Waals surface area contributed by atoms with Crippen molar-refractivity contribution >= 4 is 38.3 Å². The minimum absolute atomic E-state index is 0.483. The van der Waals surface area contributed by atoms with E-state index in [9.17, 15) is 0 Å². The lowest BCUT2D eigenvalue weighted by atomic mass is 9.87. The first-order chi connectivity index (χ1) is 12.1. The van der Waals surface area contributed by atoms with Crippen molar-refractivity contribution < 1.29 is 0 Å². The van der Waals surface area contributed by atoms with Crippen LogP contribution in [0.2, 0.25) is 0 Å².